The van der Waals surface area contributed by atoms with Crippen LogP contribution in [0.5, 0.6) is 0 Å². The van der Waals surface area contributed by atoms with Gasteiger partial charge in [-0.25, -0.2) is 4.98 Å². The minimum atomic E-state index is 0.418. The van der Waals surface area contributed by atoms with E-state index in [1.165, 1.54) is 0 Å². The highest BCUT2D eigenvalue weighted by molar-refractivity contribution is 5.52. The van der Waals surface area contributed by atoms with E-state index in [4.69, 9.17) is 10.2 Å². The Kier molecular flexibility index (Phi) is 2.05. The third-order valence-corrected chi connectivity index (χ3v) is 2.88. The smallest absolute Gasteiger partial charge is 0.232 e. The van der Waals surface area contributed by atoms with E-state index >= 15 is 0 Å². The van der Waals surface area contributed by atoms with Crippen molar-refractivity contribution in [3.8, 4) is 11.6 Å². The topological polar surface area (TPSA) is 74.3 Å². The van der Waals surface area contributed by atoms with E-state index in [1.807, 2.05) is 30.7 Å². The van der Waals surface area contributed by atoms with Crippen molar-refractivity contribution >= 4 is 5.78 Å². The summed E-state index contributed by atoms with van der Waals surface area (Å²) in [5.41, 5.74) is 7.54. The normalized spacial score (nSPS) is 11.5. The van der Waals surface area contributed by atoms with Gasteiger partial charge in [-0.3, -0.25) is 4.57 Å². The molecule has 0 spiro atoms. The van der Waals surface area contributed by atoms with Crippen molar-refractivity contribution in [1.82, 2.24) is 19.2 Å². The minimum absolute atomic E-state index is 0.418. The molecule has 0 fully saturated rings. The molecule has 3 heterocycles. The molecule has 0 aliphatic rings. The van der Waals surface area contributed by atoms with E-state index in [0.717, 1.165) is 28.8 Å². The van der Waals surface area contributed by atoms with Gasteiger partial charge in [0.25, 0.3) is 0 Å². The number of imidazole rings is 1. The van der Waals surface area contributed by atoms with Crippen LogP contribution in [-0.4, -0.2) is 19.2 Å². The van der Waals surface area contributed by atoms with Crippen LogP contribution in [0.4, 0.5) is 0 Å². The molecule has 17 heavy (non-hydrogen) atoms. The zero-order valence-electron chi connectivity index (χ0n) is 9.71. The number of aromatic nitrogens is 4. The van der Waals surface area contributed by atoms with E-state index in [-0.39, 0.29) is 0 Å². The van der Waals surface area contributed by atoms with Gasteiger partial charge in [-0.15, -0.1) is 5.10 Å². The fourth-order valence-corrected chi connectivity index (χ4v) is 1.97. The van der Waals surface area contributed by atoms with Gasteiger partial charge in [0, 0.05) is 13.6 Å². The second-order valence-corrected chi connectivity index (χ2v) is 3.92. The first-order valence-electron chi connectivity index (χ1n) is 5.37. The lowest BCUT2D eigenvalue weighted by atomic mass is 10.3. The van der Waals surface area contributed by atoms with E-state index in [9.17, 15) is 0 Å². The number of furan rings is 1. The van der Waals surface area contributed by atoms with Gasteiger partial charge in [0.1, 0.15) is 0 Å². The van der Waals surface area contributed by atoms with E-state index in [1.54, 1.807) is 10.8 Å². The third kappa shape index (κ3) is 1.31. The van der Waals surface area contributed by atoms with Crippen molar-refractivity contribution in [3.63, 3.8) is 0 Å². The number of nitrogens with zero attached hydrogens (tertiary/aromatic N) is 4. The van der Waals surface area contributed by atoms with Crippen LogP contribution in [0.25, 0.3) is 17.4 Å². The van der Waals surface area contributed by atoms with Gasteiger partial charge in [-0.05, 0) is 19.1 Å². The molecule has 3 aromatic heterocycles. The molecule has 0 radical (unpaired) electrons. The minimum Gasteiger partial charge on any atom is -0.461 e. The average molecular weight is 231 g/mol. The zero-order chi connectivity index (χ0) is 12.0. The molecule has 0 bridgehead atoms. The Bertz CT molecular complexity index is 662. The number of nitrogens with two attached hydrogens (primary N) is 1. The molecule has 3 rings (SSSR count). The van der Waals surface area contributed by atoms with Crippen LogP contribution >= 0.6 is 0 Å². The SMILES string of the molecule is Cc1nc2n(C)c(-c3ccco3)nn2c1CN. The highest BCUT2D eigenvalue weighted by atomic mass is 16.3. The van der Waals surface area contributed by atoms with Crippen LogP contribution in [0.15, 0.2) is 22.8 Å². The standard InChI is InChI=1S/C11H13N5O/c1-7-8(6-12)16-11(13-7)15(2)10(14-16)9-4-3-5-17-9/h3-5H,6,12H2,1-2H3. The molecule has 6 nitrogen and oxygen atoms in total. The van der Waals surface area contributed by atoms with Gasteiger partial charge >= 0.3 is 0 Å². The Labute approximate surface area is 97.7 Å². The molecule has 88 valence electrons. The molecule has 0 unspecified atom stereocenters. The van der Waals surface area contributed by atoms with Gasteiger partial charge in [0.15, 0.2) is 11.6 Å². The molecule has 2 N–H and O–H groups in total. The summed E-state index contributed by atoms with van der Waals surface area (Å²) in [7, 11) is 1.91. The van der Waals surface area contributed by atoms with Crippen LogP contribution in [0.3, 0.4) is 0 Å². The fourth-order valence-electron chi connectivity index (χ4n) is 1.97. The maximum atomic E-state index is 5.71. The van der Waals surface area contributed by atoms with Crippen molar-refractivity contribution in [2.45, 2.75) is 13.5 Å². The van der Waals surface area contributed by atoms with Crippen LogP contribution in [0.2, 0.25) is 0 Å². The molecular weight excluding hydrogens is 218 g/mol. The second kappa shape index (κ2) is 3.46. The molecule has 0 atom stereocenters. The van der Waals surface area contributed by atoms with Gasteiger partial charge in [-0.2, -0.15) is 4.52 Å². The molecule has 0 saturated heterocycles. The monoisotopic (exact) mass is 231 g/mol. The summed E-state index contributed by atoms with van der Waals surface area (Å²) in [5.74, 6) is 2.24. The highest BCUT2D eigenvalue weighted by Gasteiger charge is 2.17. The first kappa shape index (κ1) is 10.1. The predicted molar refractivity (Wildman–Crippen MR) is 62.3 cm³/mol. The van der Waals surface area contributed by atoms with Crippen LogP contribution in [-0.2, 0) is 13.6 Å². The van der Waals surface area contributed by atoms with Crippen molar-refractivity contribution in [1.29, 1.82) is 0 Å². The Morgan fingerprint density at radius 2 is 2.29 bits per heavy atom. The first-order valence-corrected chi connectivity index (χ1v) is 5.37. The van der Waals surface area contributed by atoms with Crippen molar-refractivity contribution < 1.29 is 4.42 Å². The Morgan fingerprint density at radius 3 is 2.94 bits per heavy atom. The summed E-state index contributed by atoms with van der Waals surface area (Å²) >= 11 is 0. The van der Waals surface area contributed by atoms with E-state index in [2.05, 4.69) is 10.1 Å². The van der Waals surface area contributed by atoms with Crippen molar-refractivity contribution in [3.05, 3.63) is 29.8 Å². The number of aryl methyl sites for hydroxylation is 2. The van der Waals surface area contributed by atoms with E-state index < -0.39 is 0 Å². The Hall–Kier alpha value is -2.08. The maximum absolute atomic E-state index is 5.71. The summed E-state index contributed by atoms with van der Waals surface area (Å²) in [6, 6.07) is 3.71. The third-order valence-electron chi connectivity index (χ3n) is 2.88. The molecular formula is C11H13N5O. The summed E-state index contributed by atoms with van der Waals surface area (Å²) in [6.45, 7) is 2.35. The lowest BCUT2D eigenvalue weighted by Gasteiger charge is -1.95. The second-order valence-electron chi connectivity index (χ2n) is 3.92. The van der Waals surface area contributed by atoms with Crippen LogP contribution < -0.4 is 5.73 Å². The quantitative estimate of drug-likeness (QED) is 0.716. The largest absolute Gasteiger partial charge is 0.461 e. The van der Waals surface area contributed by atoms with Gasteiger partial charge < -0.3 is 10.2 Å². The number of rotatable bonds is 2. The maximum Gasteiger partial charge on any atom is 0.232 e. The van der Waals surface area contributed by atoms with Crippen LogP contribution in [0.1, 0.15) is 11.4 Å². The van der Waals surface area contributed by atoms with Gasteiger partial charge in [0.2, 0.25) is 5.78 Å². The summed E-state index contributed by atoms with van der Waals surface area (Å²) in [5, 5.41) is 4.49. The summed E-state index contributed by atoms with van der Waals surface area (Å²) in [4.78, 5) is 4.46. The molecule has 0 amide bonds. The molecule has 0 aromatic carbocycles. The van der Waals surface area contributed by atoms with Crippen LogP contribution in [0, 0.1) is 6.92 Å². The van der Waals surface area contributed by atoms with Gasteiger partial charge in [0.05, 0.1) is 17.7 Å². The van der Waals surface area contributed by atoms with Gasteiger partial charge in [-0.1, -0.05) is 0 Å². The lowest BCUT2D eigenvalue weighted by Crippen LogP contribution is -2.03. The molecule has 0 saturated carbocycles. The average Bonchev–Trinajstić information content (AvgIpc) is 2.97. The highest BCUT2D eigenvalue weighted by Crippen LogP contribution is 2.21. The zero-order valence-corrected chi connectivity index (χ0v) is 9.71. The van der Waals surface area contributed by atoms with E-state index in [0.29, 0.717) is 6.54 Å². The molecule has 0 aliphatic carbocycles. The Balaban J connectivity index is 2.30. The first-order chi connectivity index (χ1) is 8.22. The van der Waals surface area contributed by atoms with Crippen molar-refractivity contribution in [2.24, 2.45) is 12.8 Å². The molecule has 3 aromatic rings. The number of fused-ring (bicyclic) bond motifs is 1. The summed E-state index contributed by atoms with van der Waals surface area (Å²) < 4.78 is 9.01. The molecule has 6 heteroatoms. The lowest BCUT2D eigenvalue weighted by molar-refractivity contribution is 0.573. The molecule has 0 aliphatic heterocycles. The van der Waals surface area contributed by atoms with Crippen molar-refractivity contribution in [2.75, 3.05) is 0 Å². The predicted octanol–water partition coefficient (Wildman–Crippen LogP) is 1.09. The number of hydrogen-bond donors (Lipinski definition) is 1. The summed E-state index contributed by atoms with van der Waals surface area (Å²) in [6.07, 6.45) is 1.63. The number of hydrogen-bond acceptors (Lipinski definition) is 4. The fraction of sp³-hybridized carbons (Fsp3) is 0.273. The Morgan fingerprint density at radius 1 is 1.47 bits per heavy atom.